The van der Waals surface area contributed by atoms with Crippen LogP contribution < -0.4 is 5.73 Å². The highest BCUT2D eigenvalue weighted by Gasteiger charge is 2.06. The summed E-state index contributed by atoms with van der Waals surface area (Å²) in [6.45, 7) is 4.70. The molecule has 0 aliphatic rings. The Kier molecular flexibility index (Phi) is 8.48. The van der Waals surface area contributed by atoms with Crippen LogP contribution in [-0.4, -0.2) is 19.1 Å². The van der Waals surface area contributed by atoms with Crippen molar-refractivity contribution in [2.24, 2.45) is 11.7 Å². The van der Waals surface area contributed by atoms with Gasteiger partial charge in [0.25, 0.3) is 0 Å². The first-order valence-corrected chi connectivity index (χ1v) is 3.05. The van der Waals surface area contributed by atoms with Gasteiger partial charge in [-0.25, -0.2) is 0 Å². The van der Waals surface area contributed by atoms with Crippen LogP contribution in [0.5, 0.6) is 0 Å². The van der Waals surface area contributed by atoms with Crippen LogP contribution in [0.4, 0.5) is 0 Å². The number of carbonyl (C=O) groups excluding carboxylic acids is 1. The maximum Gasteiger partial charge on any atom is 0.222 e. The van der Waals surface area contributed by atoms with E-state index in [9.17, 15) is 4.79 Å². The molecule has 0 saturated heterocycles. The number of ether oxygens (including phenoxy) is 1. The summed E-state index contributed by atoms with van der Waals surface area (Å²) in [4.78, 5) is 10.3. The lowest BCUT2D eigenvalue weighted by molar-refractivity contribution is -0.123. The zero-order valence-electron chi connectivity index (χ0n) is 6.29. The fraction of sp³-hybridized carbons (Fsp3) is 0.833. The highest BCUT2D eigenvalue weighted by atomic mass is 35.5. The maximum atomic E-state index is 10.3. The topological polar surface area (TPSA) is 52.3 Å². The predicted molar refractivity (Wildman–Crippen MR) is 42.1 cm³/mol. The van der Waals surface area contributed by atoms with E-state index in [1.54, 1.807) is 6.92 Å². The van der Waals surface area contributed by atoms with Crippen molar-refractivity contribution in [3.05, 3.63) is 0 Å². The van der Waals surface area contributed by atoms with Gasteiger partial charge in [-0.05, 0) is 6.92 Å². The van der Waals surface area contributed by atoms with E-state index in [2.05, 4.69) is 0 Å². The molecule has 3 nitrogen and oxygen atoms in total. The van der Waals surface area contributed by atoms with Crippen LogP contribution in [0.3, 0.4) is 0 Å². The smallest absolute Gasteiger partial charge is 0.222 e. The quantitative estimate of drug-likeness (QED) is 0.666. The molecule has 0 heterocycles. The minimum Gasteiger partial charge on any atom is -0.381 e. The molecular weight excluding hydrogens is 154 g/mol. The summed E-state index contributed by atoms with van der Waals surface area (Å²) in [5.41, 5.74) is 4.96. The summed E-state index contributed by atoms with van der Waals surface area (Å²) in [6.07, 6.45) is 0. The fourth-order valence-corrected chi connectivity index (χ4v) is 0.377. The monoisotopic (exact) mass is 167 g/mol. The van der Waals surface area contributed by atoms with Gasteiger partial charge in [-0.1, -0.05) is 6.92 Å². The molecule has 0 aromatic carbocycles. The van der Waals surface area contributed by atoms with Gasteiger partial charge in [-0.3, -0.25) is 4.79 Å². The van der Waals surface area contributed by atoms with E-state index < -0.39 is 0 Å². The molecule has 0 aliphatic heterocycles. The van der Waals surface area contributed by atoms with Crippen LogP contribution >= 0.6 is 12.4 Å². The molecule has 0 aliphatic carbocycles. The van der Waals surface area contributed by atoms with Crippen molar-refractivity contribution in [3.63, 3.8) is 0 Å². The highest BCUT2D eigenvalue weighted by Crippen LogP contribution is 1.92. The first-order valence-electron chi connectivity index (χ1n) is 3.05. The van der Waals surface area contributed by atoms with Gasteiger partial charge in [0.05, 0.1) is 12.5 Å². The number of amides is 1. The molecule has 0 rings (SSSR count). The van der Waals surface area contributed by atoms with Gasteiger partial charge < -0.3 is 10.5 Å². The summed E-state index contributed by atoms with van der Waals surface area (Å²) in [5.74, 6) is -0.464. The molecule has 0 saturated carbocycles. The average Bonchev–Trinajstić information content (AvgIpc) is 1.82. The van der Waals surface area contributed by atoms with E-state index in [1.807, 2.05) is 6.92 Å². The lowest BCUT2D eigenvalue weighted by Crippen LogP contribution is -2.24. The van der Waals surface area contributed by atoms with Crippen LogP contribution in [0.25, 0.3) is 0 Å². The van der Waals surface area contributed by atoms with Gasteiger partial charge in [-0.15, -0.1) is 12.4 Å². The standard InChI is InChI=1S/C6H13NO2.ClH/c1-3-9-4-5(2)6(7)8;/h5H,3-4H2,1-2H3,(H2,7,8);1H. The first kappa shape index (κ1) is 12.4. The Bertz CT molecular complexity index is 97.7. The fourth-order valence-electron chi connectivity index (χ4n) is 0.377. The van der Waals surface area contributed by atoms with Gasteiger partial charge in [0.1, 0.15) is 0 Å². The molecule has 4 heteroatoms. The van der Waals surface area contributed by atoms with Crippen LogP contribution in [0, 0.1) is 5.92 Å². The minimum atomic E-state index is -0.302. The van der Waals surface area contributed by atoms with Crippen molar-refractivity contribution >= 4 is 18.3 Å². The Morgan fingerprint density at radius 2 is 2.20 bits per heavy atom. The van der Waals surface area contributed by atoms with Crippen LogP contribution in [0.2, 0.25) is 0 Å². The number of carbonyl (C=O) groups is 1. The summed E-state index contributed by atoms with van der Waals surface area (Å²) in [7, 11) is 0. The molecule has 0 aromatic heterocycles. The molecule has 2 N–H and O–H groups in total. The molecule has 0 aromatic rings. The molecule has 62 valence electrons. The Morgan fingerprint density at radius 3 is 2.50 bits per heavy atom. The SMILES string of the molecule is CCOCC(C)C(N)=O.Cl. The molecule has 0 radical (unpaired) electrons. The molecule has 1 amide bonds. The van der Waals surface area contributed by atoms with Crippen molar-refractivity contribution in [3.8, 4) is 0 Å². The number of rotatable bonds is 4. The summed E-state index contributed by atoms with van der Waals surface area (Å²) < 4.78 is 4.96. The number of nitrogens with two attached hydrogens (primary N) is 1. The molecule has 0 spiro atoms. The third-order valence-electron chi connectivity index (χ3n) is 1.06. The van der Waals surface area contributed by atoms with E-state index >= 15 is 0 Å². The van der Waals surface area contributed by atoms with Gasteiger partial charge >= 0.3 is 0 Å². The number of halogens is 1. The second-order valence-electron chi connectivity index (χ2n) is 1.96. The second kappa shape index (κ2) is 6.83. The third kappa shape index (κ3) is 5.85. The summed E-state index contributed by atoms with van der Waals surface area (Å²) >= 11 is 0. The van der Waals surface area contributed by atoms with Crippen molar-refractivity contribution in [2.75, 3.05) is 13.2 Å². The second-order valence-corrected chi connectivity index (χ2v) is 1.96. The molecule has 0 fully saturated rings. The minimum absolute atomic E-state index is 0. The van der Waals surface area contributed by atoms with E-state index in [1.165, 1.54) is 0 Å². The van der Waals surface area contributed by atoms with Gasteiger partial charge in [0.15, 0.2) is 0 Å². The number of hydrogen-bond acceptors (Lipinski definition) is 2. The van der Waals surface area contributed by atoms with E-state index in [0.717, 1.165) is 0 Å². The van der Waals surface area contributed by atoms with Crippen molar-refractivity contribution < 1.29 is 9.53 Å². The van der Waals surface area contributed by atoms with Gasteiger partial charge in [-0.2, -0.15) is 0 Å². The molecule has 1 unspecified atom stereocenters. The number of hydrogen-bond donors (Lipinski definition) is 1. The molecule has 1 atom stereocenters. The van der Waals surface area contributed by atoms with Crippen LogP contribution in [0.15, 0.2) is 0 Å². The Hall–Kier alpha value is -0.280. The van der Waals surface area contributed by atoms with Crippen LogP contribution in [0.1, 0.15) is 13.8 Å². The maximum absolute atomic E-state index is 10.3. The molecule has 0 bridgehead atoms. The third-order valence-corrected chi connectivity index (χ3v) is 1.06. The number of primary amides is 1. The van der Waals surface area contributed by atoms with Gasteiger partial charge in [0.2, 0.25) is 5.91 Å². The Morgan fingerprint density at radius 1 is 1.70 bits per heavy atom. The molecular formula is C6H14ClNO2. The Balaban J connectivity index is 0. The van der Waals surface area contributed by atoms with Crippen LogP contribution in [-0.2, 0) is 9.53 Å². The first-order chi connectivity index (χ1) is 4.18. The zero-order valence-corrected chi connectivity index (χ0v) is 7.11. The summed E-state index contributed by atoms with van der Waals surface area (Å²) in [6, 6.07) is 0. The lowest BCUT2D eigenvalue weighted by atomic mass is 10.2. The average molecular weight is 168 g/mol. The lowest BCUT2D eigenvalue weighted by Gasteiger charge is -2.04. The van der Waals surface area contributed by atoms with E-state index in [4.69, 9.17) is 10.5 Å². The van der Waals surface area contributed by atoms with E-state index in [-0.39, 0.29) is 24.2 Å². The highest BCUT2D eigenvalue weighted by molar-refractivity contribution is 5.85. The molecule has 10 heavy (non-hydrogen) atoms. The van der Waals surface area contributed by atoms with Crippen molar-refractivity contribution in [1.82, 2.24) is 0 Å². The Labute approximate surface area is 67.3 Å². The normalized spacial score (nSPS) is 11.8. The van der Waals surface area contributed by atoms with Gasteiger partial charge in [0, 0.05) is 6.61 Å². The van der Waals surface area contributed by atoms with Crippen molar-refractivity contribution in [2.45, 2.75) is 13.8 Å². The largest absolute Gasteiger partial charge is 0.381 e. The zero-order chi connectivity index (χ0) is 7.28. The predicted octanol–water partition coefficient (Wildman–Crippen LogP) is 0.566. The summed E-state index contributed by atoms with van der Waals surface area (Å²) in [5, 5.41) is 0. The van der Waals surface area contributed by atoms with E-state index in [0.29, 0.717) is 13.2 Å². The van der Waals surface area contributed by atoms with Crippen molar-refractivity contribution in [1.29, 1.82) is 0 Å².